The number of rotatable bonds is 2. The average Bonchev–Trinajstić information content (AvgIpc) is 2.46. The van der Waals surface area contributed by atoms with Crippen LogP contribution in [0.4, 0.5) is 5.69 Å². The summed E-state index contributed by atoms with van der Waals surface area (Å²) in [5.41, 5.74) is 2.43. The molecule has 1 aromatic rings. The predicted octanol–water partition coefficient (Wildman–Crippen LogP) is 2.88. The van der Waals surface area contributed by atoms with Gasteiger partial charge in [0.25, 0.3) is 0 Å². The summed E-state index contributed by atoms with van der Waals surface area (Å²) in [7, 11) is 0. The van der Waals surface area contributed by atoms with Crippen molar-refractivity contribution >= 4 is 17.3 Å². The van der Waals surface area contributed by atoms with Gasteiger partial charge in [-0.25, -0.2) is 0 Å². The minimum absolute atomic E-state index is 0.542. The third kappa shape index (κ3) is 2.59. The van der Waals surface area contributed by atoms with E-state index in [4.69, 9.17) is 11.6 Å². The highest BCUT2D eigenvalue weighted by atomic mass is 35.5. The van der Waals surface area contributed by atoms with Crippen LogP contribution in [0.25, 0.3) is 0 Å². The first-order valence-corrected chi connectivity index (χ1v) is 7.82. The van der Waals surface area contributed by atoms with Crippen LogP contribution in [0.2, 0.25) is 0 Å². The van der Waals surface area contributed by atoms with Crippen LogP contribution in [0.1, 0.15) is 31.7 Å². The number of pyridine rings is 1. The number of hydrogen-bond donors (Lipinski definition) is 0. The third-order valence-electron chi connectivity index (χ3n) is 4.52. The van der Waals surface area contributed by atoms with Gasteiger partial charge in [0, 0.05) is 48.8 Å². The Morgan fingerprint density at radius 3 is 3.11 bits per heavy atom. The fourth-order valence-electron chi connectivity index (χ4n) is 3.49. The van der Waals surface area contributed by atoms with Crippen molar-refractivity contribution in [1.29, 1.82) is 0 Å². The maximum absolute atomic E-state index is 6.06. The van der Waals surface area contributed by atoms with E-state index in [0.717, 1.165) is 18.2 Å². The molecule has 2 saturated heterocycles. The van der Waals surface area contributed by atoms with Crippen LogP contribution in [0.3, 0.4) is 0 Å². The molecule has 104 valence electrons. The zero-order valence-electron chi connectivity index (χ0n) is 11.6. The van der Waals surface area contributed by atoms with Gasteiger partial charge in [-0.1, -0.05) is 6.42 Å². The van der Waals surface area contributed by atoms with Crippen LogP contribution in [-0.4, -0.2) is 41.6 Å². The van der Waals surface area contributed by atoms with E-state index >= 15 is 0 Å². The molecule has 3 heterocycles. The summed E-state index contributed by atoms with van der Waals surface area (Å²) >= 11 is 6.06. The SMILES string of the molecule is CC1CN2CCCCC2CN1c1ccncc1CCl. The fourth-order valence-corrected chi connectivity index (χ4v) is 3.70. The first kappa shape index (κ1) is 13.2. The number of alkyl halides is 1. The second-order valence-electron chi connectivity index (χ2n) is 5.78. The second kappa shape index (κ2) is 5.68. The number of piperidine rings is 1. The van der Waals surface area contributed by atoms with E-state index in [9.17, 15) is 0 Å². The van der Waals surface area contributed by atoms with Gasteiger partial charge in [-0.05, 0) is 32.4 Å². The topological polar surface area (TPSA) is 19.4 Å². The Bertz CT molecular complexity index is 437. The minimum atomic E-state index is 0.542. The molecule has 0 saturated carbocycles. The van der Waals surface area contributed by atoms with Gasteiger partial charge in [-0.15, -0.1) is 11.6 Å². The molecule has 0 aromatic carbocycles. The molecule has 2 aliphatic rings. The van der Waals surface area contributed by atoms with Crippen LogP contribution in [0, 0.1) is 0 Å². The quantitative estimate of drug-likeness (QED) is 0.776. The smallest absolute Gasteiger partial charge is 0.0509 e. The maximum atomic E-state index is 6.06. The molecule has 0 bridgehead atoms. The molecular weight excluding hydrogens is 258 g/mol. The molecule has 0 amide bonds. The number of hydrogen-bond acceptors (Lipinski definition) is 3. The van der Waals surface area contributed by atoms with Gasteiger partial charge < -0.3 is 4.90 Å². The Labute approximate surface area is 120 Å². The van der Waals surface area contributed by atoms with Crippen LogP contribution in [0.15, 0.2) is 18.5 Å². The molecule has 0 radical (unpaired) electrons. The minimum Gasteiger partial charge on any atom is -0.366 e. The van der Waals surface area contributed by atoms with Crippen molar-refractivity contribution in [2.45, 2.75) is 44.1 Å². The van der Waals surface area contributed by atoms with Gasteiger partial charge in [0.1, 0.15) is 0 Å². The van der Waals surface area contributed by atoms with E-state index in [1.807, 2.05) is 12.4 Å². The first-order valence-electron chi connectivity index (χ1n) is 7.29. The largest absolute Gasteiger partial charge is 0.366 e. The molecule has 3 rings (SSSR count). The molecule has 1 aromatic heterocycles. The zero-order chi connectivity index (χ0) is 13.2. The lowest BCUT2D eigenvalue weighted by Gasteiger charge is -2.48. The van der Waals surface area contributed by atoms with Crippen LogP contribution in [0.5, 0.6) is 0 Å². The van der Waals surface area contributed by atoms with E-state index in [0.29, 0.717) is 11.9 Å². The predicted molar refractivity (Wildman–Crippen MR) is 79.8 cm³/mol. The third-order valence-corrected chi connectivity index (χ3v) is 4.81. The van der Waals surface area contributed by atoms with Gasteiger partial charge in [-0.2, -0.15) is 0 Å². The van der Waals surface area contributed by atoms with E-state index in [2.05, 4.69) is 27.8 Å². The van der Waals surface area contributed by atoms with E-state index in [-0.39, 0.29) is 0 Å². The number of anilines is 1. The summed E-state index contributed by atoms with van der Waals surface area (Å²) in [6.45, 7) is 5.91. The van der Waals surface area contributed by atoms with Gasteiger partial charge in [0.15, 0.2) is 0 Å². The van der Waals surface area contributed by atoms with E-state index < -0.39 is 0 Å². The zero-order valence-corrected chi connectivity index (χ0v) is 12.3. The normalized spacial score (nSPS) is 28.2. The summed E-state index contributed by atoms with van der Waals surface area (Å²) in [6, 6.07) is 3.40. The summed E-state index contributed by atoms with van der Waals surface area (Å²) in [4.78, 5) is 9.40. The fraction of sp³-hybridized carbons (Fsp3) is 0.667. The molecule has 0 N–H and O–H groups in total. The molecule has 3 nitrogen and oxygen atoms in total. The van der Waals surface area contributed by atoms with Crippen molar-refractivity contribution in [2.24, 2.45) is 0 Å². The van der Waals surface area contributed by atoms with Gasteiger partial charge in [-0.3, -0.25) is 9.88 Å². The van der Waals surface area contributed by atoms with Crippen molar-refractivity contribution in [3.8, 4) is 0 Å². The first-order chi connectivity index (χ1) is 9.29. The van der Waals surface area contributed by atoms with E-state index in [1.165, 1.54) is 38.0 Å². The Hall–Kier alpha value is -0.800. The van der Waals surface area contributed by atoms with Crippen molar-refractivity contribution in [1.82, 2.24) is 9.88 Å². The molecule has 2 fully saturated rings. The standard InChI is InChI=1S/C15H22ClN3/c1-12-10-18-7-3-2-4-14(18)11-19(12)15-5-6-17-9-13(15)8-16/h5-6,9,12,14H,2-4,7-8,10-11H2,1H3. The Morgan fingerprint density at radius 2 is 2.26 bits per heavy atom. The van der Waals surface area contributed by atoms with Crippen molar-refractivity contribution < 1.29 is 0 Å². The number of halogens is 1. The molecule has 2 aliphatic heterocycles. The number of piperazine rings is 1. The number of nitrogens with zero attached hydrogens (tertiary/aromatic N) is 3. The highest BCUT2D eigenvalue weighted by Crippen LogP contribution is 2.30. The lowest BCUT2D eigenvalue weighted by atomic mass is 9.96. The highest BCUT2D eigenvalue weighted by Gasteiger charge is 2.33. The van der Waals surface area contributed by atoms with E-state index in [1.54, 1.807) is 0 Å². The van der Waals surface area contributed by atoms with Crippen LogP contribution >= 0.6 is 11.6 Å². The monoisotopic (exact) mass is 279 g/mol. The van der Waals surface area contributed by atoms with Crippen LogP contribution < -0.4 is 4.90 Å². The maximum Gasteiger partial charge on any atom is 0.0509 e. The highest BCUT2D eigenvalue weighted by molar-refractivity contribution is 6.17. The molecule has 2 unspecified atom stereocenters. The molecule has 2 atom stereocenters. The van der Waals surface area contributed by atoms with Crippen molar-refractivity contribution in [3.63, 3.8) is 0 Å². The van der Waals surface area contributed by atoms with Gasteiger partial charge in [0.05, 0.1) is 5.88 Å². The summed E-state index contributed by atoms with van der Waals surface area (Å²) < 4.78 is 0. The van der Waals surface area contributed by atoms with Gasteiger partial charge >= 0.3 is 0 Å². The lowest BCUT2D eigenvalue weighted by Crippen LogP contribution is -2.59. The summed E-state index contributed by atoms with van der Waals surface area (Å²) in [5.74, 6) is 0.542. The second-order valence-corrected chi connectivity index (χ2v) is 6.05. The molecule has 19 heavy (non-hydrogen) atoms. The van der Waals surface area contributed by atoms with Crippen molar-refractivity contribution in [3.05, 3.63) is 24.0 Å². The molecule has 0 aliphatic carbocycles. The van der Waals surface area contributed by atoms with Crippen LogP contribution in [-0.2, 0) is 5.88 Å². The molecular formula is C15H22ClN3. The number of aromatic nitrogens is 1. The lowest BCUT2D eigenvalue weighted by molar-refractivity contribution is 0.115. The Balaban J connectivity index is 1.83. The number of fused-ring (bicyclic) bond motifs is 1. The molecule has 0 spiro atoms. The summed E-state index contributed by atoms with van der Waals surface area (Å²) in [6.07, 6.45) is 7.87. The summed E-state index contributed by atoms with van der Waals surface area (Å²) in [5, 5.41) is 0. The average molecular weight is 280 g/mol. The van der Waals surface area contributed by atoms with Crippen molar-refractivity contribution in [2.75, 3.05) is 24.5 Å². The van der Waals surface area contributed by atoms with Gasteiger partial charge in [0.2, 0.25) is 0 Å². The molecule has 4 heteroatoms. The Kier molecular flexibility index (Phi) is 3.94. The Morgan fingerprint density at radius 1 is 1.37 bits per heavy atom.